The number of nitrogens with one attached hydrogen (secondary N) is 2. The van der Waals surface area contributed by atoms with Gasteiger partial charge in [0.2, 0.25) is 11.0 Å². The van der Waals surface area contributed by atoms with Gasteiger partial charge in [-0.15, -0.1) is 0 Å². The highest BCUT2D eigenvalue weighted by atomic mass is 32.2. The Morgan fingerprint density at radius 3 is 2.52 bits per heavy atom. The molecule has 2 amide bonds. The molecule has 12 heteroatoms. The summed E-state index contributed by atoms with van der Waals surface area (Å²) in [7, 11) is 0. The van der Waals surface area contributed by atoms with E-state index >= 15 is 0 Å². The lowest BCUT2D eigenvalue weighted by Crippen LogP contribution is -2.50. The maximum Gasteiger partial charge on any atom is 0.418 e. The first kappa shape index (κ1) is 24.1. The summed E-state index contributed by atoms with van der Waals surface area (Å²) >= 11 is 0.899. The molecular weight excluding hydrogens is 408 g/mol. The molecule has 160 valence electrons. The van der Waals surface area contributed by atoms with Crippen LogP contribution in [0.4, 0.5) is 0 Å². The standard InChI is InChI=1S/C17H22N2O9S/c1-17(2)9-27-11(21)3-4-12(22)29-8-7-18-10(20)5-6-19-14(23)13(17)28-16(26)15(24)25/h3-4,13H,5-9H2,1-2H3,(H,18,20)(H,19,23)(H,24,25)/b4-3+/t13-/m0/s1. The van der Waals surface area contributed by atoms with Crippen LogP contribution in [0, 0.1) is 5.41 Å². The maximum atomic E-state index is 12.5. The van der Waals surface area contributed by atoms with E-state index in [1.54, 1.807) is 0 Å². The number of carboxylic acid groups (broad SMARTS) is 1. The molecule has 1 heterocycles. The van der Waals surface area contributed by atoms with Gasteiger partial charge in [0.05, 0.1) is 0 Å². The molecule has 3 N–H and O–H groups in total. The van der Waals surface area contributed by atoms with Gasteiger partial charge in [-0.25, -0.2) is 14.4 Å². The summed E-state index contributed by atoms with van der Waals surface area (Å²) < 4.78 is 9.76. The van der Waals surface area contributed by atoms with Crippen LogP contribution in [0.1, 0.15) is 20.3 Å². The number of cyclic esters (lactones) is 1. The number of carbonyl (C=O) groups is 6. The molecule has 11 nitrogen and oxygen atoms in total. The number of rotatable bonds is 1. The molecule has 0 aromatic carbocycles. The zero-order valence-electron chi connectivity index (χ0n) is 15.9. The molecule has 0 bridgehead atoms. The lowest BCUT2D eigenvalue weighted by atomic mass is 9.86. The Bertz CT molecular complexity index is 718. The summed E-state index contributed by atoms with van der Waals surface area (Å²) in [4.78, 5) is 69.9. The Labute approximate surface area is 170 Å². The summed E-state index contributed by atoms with van der Waals surface area (Å²) in [6.45, 7) is 2.53. The topological polar surface area (TPSA) is 165 Å². The molecular formula is C17H22N2O9S. The monoisotopic (exact) mass is 430 g/mol. The Morgan fingerprint density at radius 1 is 1.17 bits per heavy atom. The molecule has 0 aromatic heterocycles. The molecule has 1 atom stereocenters. The van der Waals surface area contributed by atoms with Crippen molar-refractivity contribution in [1.82, 2.24) is 10.6 Å². The molecule has 0 aliphatic carbocycles. The molecule has 1 aliphatic heterocycles. The van der Waals surface area contributed by atoms with Crippen molar-refractivity contribution >= 4 is 46.6 Å². The normalized spacial score (nSPS) is 23.0. The van der Waals surface area contributed by atoms with Crippen molar-refractivity contribution in [2.75, 3.05) is 25.4 Å². The van der Waals surface area contributed by atoms with Crippen LogP contribution in [0.15, 0.2) is 12.2 Å². The first-order chi connectivity index (χ1) is 13.5. The van der Waals surface area contributed by atoms with Gasteiger partial charge in [-0.05, 0) is 6.08 Å². The van der Waals surface area contributed by atoms with Crippen molar-refractivity contribution in [2.24, 2.45) is 5.41 Å². The quantitative estimate of drug-likeness (QED) is 0.347. The average Bonchev–Trinajstić information content (AvgIpc) is 2.65. The number of thioether (sulfide) groups is 1. The molecule has 0 radical (unpaired) electrons. The molecule has 0 unspecified atom stereocenters. The summed E-state index contributed by atoms with van der Waals surface area (Å²) in [5.74, 6) is -5.36. The highest BCUT2D eigenvalue weighted by Gasteiger charge is 2.41. The number of hydrogen-bond acceptors (Lipinski definition) is 9. The Balaban J connectivity index is 3.02. The van der Waals surface area contributed by atoms with Gasteiger partial charge >= 0.3 is 17.9 Å². The fraction of sp³-hybridized carbons (Fsp3) is 0.529. The van der Waals surface area contributed by atoms with E-state index in [-0.39, 0.29) is 31.2 Å². The molecule has 0 aromatic rings. The van der Waals surface area contributed by atoms with Crippen molar-refractivity contribution < 1.29 is 43.3 Å². The third-order valence-electron chi connectivity index (χ3n) is 3.61. The van der Waals surface area contributed by atoms with Crippen LogP contribution in [-0.4, -0.2) is 71.5 Å². The summed E-state index contributed by atoms with van der Waals surface area (Å²) in [6.07, 6.45) is 0.215. The minimum Gasteiger partial charge on any atom is -0.473 e. The zero-order chi connectivity index (χ0) is 22.0. The van der Waals surface area contributed by atoms with E-state index in [0.717, 1.165) is 23.9 Å². The minimum atomic E-state index is -1.90. The van der Waals surface area contributed by atoms with Gasteiger partial charge in [-0.2, -0.15) is 0 Å². The summed E-state index contributed by atoms with van der Waals surface area (Å²) in [6, 6.07) is 0. The molecule has 1 rings (SSSR count). The van der Waals surface area contributed by atoms with E-state index in [1.807, 2.05) is 0 Å². The zero-order valence-corrected chi connectivity index (χ0v) is 16.7. The van der Waals surface area contributed by atoms with Gasteiger partial charge < -0.3 is 25.2 Å². The summed E-state index contributed by atoms with van der Waals surface area (Å²) in [5, 5.41) is 13.3. The molecule has 0 fully saturated rings. The smallest absolute Gasteiger partial charge is 0.418 e. The molecule has 0 spiro atoms. The van der Waals surface area contributed by atoms with Gasteiger partial charge in [-0.3, -0.25) is 14.4 Å². The number of aliphatic carboxylic acids is 1. The van der Waals surface area contributed by atoms with E-state index in [0.29, 0.717) is 0 Å². The molecule has 29 heavy (non-hydrogen) atoms. The lowest BCUT2D eigenvalue weighted by Gasteiger charge is -2.31. The van der Waals surface area contributed by atoms with Crippen LogP contribution >= 0.6 is 11.8 Å². The first-order valence-corrected chi connectivity index (χ1v) is 9.51. The first-order valence-electron chi connectivity index (χ1n) is 8.53. The van der Waals surface area contributed by atoms with Crippen LogP contribution in [0.5, 0.6) is 0 Å². The van der Waals surface area contributed by atoms with Crippen molar-refractivity contribution in [3.8, 4) is 0 Å². The van der Waals surface area contributed by atoms with Crippen LogP contribution < -0.4 is 10.6 Å². The molecule has 1 aliphatic rings. The van der Waals surface area contributed by atoms with Gasteiger partial charge in [0, 0.05) is 36.8 Å². The fourth-order valence-corrected chi connectivity index (χ4v) is 2.68. The van der Waals surface area contributed by atoms with Gasteiger partial charge in [0.25, 0.3) is 5.91 Å². The van der Waals surface area contributed by atoms with Crippen LogP contribution in [-0.2, 0) is 38.2 Å². The molecule has 0 saturated heterocycles. The largest absolute Gasteiger partial charge is 0.473 e. The molecule has 0 saturated carbocycles. The number of esters is 2. The Morgan fingerprint density at radius 2 is 1.86 bits per heavy atom. The predicted molar refractivity (Wildman–Crippen MR) is 99.5 cm³/mol. The van der Waals surface area contributed by atoms with Crippen LogP contribution in [0.25, 0.3) is 0 Å². The van der Waals surface area contributed by atoms with Gasteiger partial charge in [0.1, 0.15) is 6.61 Å². The van der Waals surface area contributed by atoms with E-state index in [2.05, 4.69) is 10.6 Å². The van der Waals surface area contributed by atoms with Crippen molar-refractivity contribution in [1.29, 1.82) is 0 Å². The Kier molecular flexibility index (Phi) is 9.32. The predicted octanol–water partition coefficient (Wildman–Crippen LogP) is -0.996. The second-order valence-electron chi connectivity index (χ2n) is 6.58. The maximum absolute atomic E-state index is 12.5. The van der Waals surface area contributed by atoms with Crippen LogP contribution in [0.2, 0.25) is 0 Å². The van der Waals surface area contributed by atoms with Gasteiger partial charge in [0.15, 0.2) is 6.10 Å². The van der Waals surface area contributed by atoms with E-state index in [4.69, 9.17) is 14.6 Å². The number of carboxylic acids is 1. The van der Waals surface area contributed by atoms with Crippen LogP contribution in [0.3, 0.4) is 0 Å². The Hall–Kier alpha value is -2.89. The highest BCUT2D eigenvalue weighted by molar-refractivity contribution is 8.14. The fourth-order valence-electron chi connectivity index (χ4n) is 2.11. The average molecular weight is 430 g/mol. The number of amides is 2. The highest BCUT2D eigenvalue weighted by Crippen LogP contribution is 2.25. The number of hydrogen-bond donors (Lipinski definition) is 3. The second kappa shape index (κ2) is 11.2. The van der Waals surface area contributed by atoms with E-state index < -0.39 is 47.1 Å². The number of carbonyl (C=O) groups excluding carboxylic acids is 5. The lowest BCUT2D eigenvalue weighted by molar-refractivity contribution is -0.177. The van der Waals surface area contributed by atoms with E-state index in [9.17, 15) is 28.8 Å². The second-order valence-corrected chi connectivity index (χ2v) is 7.68. The van der Waals surface area contributed by atoms with Crippen molar-refractivity contribution in [2.45, 2.75) is 26.4 Å². The van der Waals surface area contributed by atoms with Gasteiger partial charge in [-0.1, -0.05) is 25.6 Å². The number of ether oxygens (including phenoxy) is 2. The third-order valence-corrected chi connectivity index (χ3v) is 4.44. The van der Waals surface area contributed by atoms with E-state index in [1.165, 1.54) is 13.8 Å². The minimum absolute atomic E-state index is 0.0841. The van der Waals surface area contributed by atoms with Crippen molar-refractivity contribution in [3.63, 3.8) is 0 Å². The third kappa shape index (κ3) is 8.77. The summed E-state index contributed by atoms with van der Waals surface area (Å²) in [5.41, 5.74) is -1.31. The SMILES string of the molecule is CC1(C)COC(=O)/C=C/C(=O)SCCNC(=O)CCNC(=O)[C@@H]1OC(=O)C(=O)O. The van der Waals surface area contributed by atoms with Crippen molar-refractivity contribution in [3.05, 3.63) is 12.2 Å².